The number of hydrogen-bond acceptors (Lipinski definition) is 2. The number of carbonyl (C=O) groups is 2. The van der Waals surface area contributed by atoms with Crippen LogP contribution >= 0.6 is 0 Å². The van der Waals surface area contributed by atoms with Crippen molar-refractivity contribution in [2.45, 2.75) is 72.3 Å². The van der Waals surface area contributed by atoms with Crippen LogP contribution in [0.2, 0.25) is 0 Å². The Morgan fingerprint density at radius 3 is 2.10 bits per heavy atom. The van der Waals surface area contributed by atoms with E-state index in [-0.39, 0.29) is 23.8 Å². The fourth-order valence-corrected chi connectivity index (χ4v) is 3.45. The van der Waals surface area contributed by atoms with Crippen molar-refractivity contribution in [2.75, 3.05) is 6.54 Å². The number of nitrogens with zero attached hydrogens (tertiary/aromatic N) is 1. The van der Waals surface area contributed by atoms with E-state index >= 15 is 0 Å². The van der Waals surface area contributed by atoms with Crippen LogP contribution in [0.1, 0.15) is 66.2 Å². The fourth-order valence-electron chi connectivity index (χ4n) is 3.45. The minimum atomic E-state index is -0.840. The van der Waals surface area contributed by atoms with Crippen molar-refractivity contribution < 1.29 is 14.7 Å². The number of carboxylic acids is 1. The van der Waals surface area contributed by atoms with E-state index in [1.54, 1.807) is 4.90 Å². The Kier molecular flexibility index (Phi) is 6.03. The molecule has 4 heteroatoms. The highest BCUT2D eigenvalue weighted by Crippen LogP contribution is 2.45. The second kappa shape index (κ2) is 7.09. The van der Waals surface area contributed by atoms with Gasteiger partial charge in [0.2, 0.25) is 5.91 Å². The van der Waals surface area contributed by atoms with Gasteiger partial charge in [-0.1, -0.05) is 26.7 Å². The van der Waals surface area contributed by atoms with Crippen molar-refractivity contribution in [1.29, 1.82) is 0 Å². The van der Waals surface area contributed by atoms with Gasteiger partial charge < -0.3 is 10.0 Å². The Morgan fingerprint density at radius 1 is 1.15 bits per heavy atom. The lowest BCUT2D eigenvalue weighted by atomic mass is 9.77. The lowest BCUT2D eigenvalue weighted by molar-refractivity contribution is -0.146. The number of rotatable bonds is 7. The number of carbonyl (C=O) groups excluding carboxylic acids is 1. The molecule has 1 aliphatic carbocycles. The van der Waals surface area contributed by atoms with Crippen LogP contribution in [0.4, 0.5) is 0 Å². The maximum absolute atomic E-state index is 13.0. The smallest absolute Gasteiger partial charge is 0.305 e. The molecule has 1 saturated carbocycles. The van der Waals surface area contributed by atoms with Crippen LogP contribution in [0.15, 0.2) is 0 Å². The van der Waals surface area contributed by atoms with Crippen LogP contribution in [0.5, 0.6) is 0 Å². The van der Waals surface area contributed by atoms with Crippen LogP contribution in [-0.4, -0.2) is 34.5 Å². The summed E-state index contributed by atoms with van der Waals surface area (Å²) in [4.78, 5) is 25.6. The second-order valence-electron chi connectivity index (χ2n) is 6.82. The first kappa shape index (κ1) is 17.0. The number of hydrogen-bond donors (Lipinski definition) is 1. The van der Waals surface area contributed by atoms with Gasteiger partial charge in [0.1, 0.15) is 0 Å². The Balaban J connectivity index is 2.86. The summed E-state index contributed by atoms with van der Waals surface area (Å²) in [5.74, 6) is -0.168. The van der Waals surface area contributed by atoms with Crippen molar-refractivity contribution in [3.8, 4) is 0 Å². The standard InChI is InChI=1S/C16H29NO3/c1-12(2)11-16(8-5-6-9-16)15(20)17(13(3)4)10-7-14(18)19/h12-13H,5-11H2,1-4H3,(H,18,19). The monoisotopic (exact) mass is 283 g/mol. The predicted octanol–water partition coefficient (Wildman–Crippen LogP) is 3.30. The van der Waals surface area contributed by atoms with Gasteiger partial charge in [-0.05, 0) is 39.0 Å². The third kappa shape index (κ3) is 4.22. The molecule has 0 aliphatic heterocycles. The van der Waals surface area contributed by atoms with Gasteiger partial charge >= 0.3 is 5.97 Å². The summed E-state index contributed by atoms with van der Waals surface area (Å²) in [6, 6.07) is 0.0616. The van der Waals surface area contributed by atoms with E-state index < -0.39 is 5.97 Å². The van der Waals surface area contributed by atoms with E-state index in [4.69, 9.17) is 5.11 Å². The molecule has 0 bridgehead atoms. The van der Waals surface area contributed by atoms with Gasteiger partial charge in [-0.3, -0.25) is 9.59 Å². The average molecular weight is 283 g/mol. The van der Waals surface area contributed by atoms with Crippen molar-refractivity contribution in [2.24, 2.45) is 11.3 Å². The molecule has 0 aromatic rings. The highest BCUT2D eigenvalue weighted by molar-refractivity contribution is 5.83. The summed E-state index contributed by atoms with van der Waals surface area (Å²) < 4.78 is 0. The molecule has 0 saturated heterocycles. The highest BCUT2D eigenvalue weighted by atomic mass is 16.4. The molecule has 0 heterocycles. The molecule has 1 aliphatic rings. The summed E-state index contributed by atoms with van der Waals surface area (Å²) in [6.45, 7) is 8.58. The summed E-state index contributed by atoms with van der Waals surface area (Å²) in [5, 5.41) is 8.86. The molecule has 116 valence electrons. The molecule has 0 aromatic heterocycles. The van der Waals surface area contributed by atoms with Crippen LogP contribution in [0.25, 0.3) is 0 Å². The van der Waals surface area contributed by atoms with E-state index in [1.807, 2.05) is 13.8 Å². The highest BCUT2D eigenvalue weighted by Gasteiger charge is 2.44. The fraction of sp³-hybridized carbons (Fsp3) is 0.875. The molecular weight excluding hydrogens is 254 g/mol. The van der Waals surface area contributed by atoms with Crippen LogP contribution in [0, 0.1) is 11.3 Å². The SMILES string of the molecule is CC(C)CC1(C(=O)N(CCC(=O)O)C(C)C)CCCC1. The maximum Gasteiger partial charge on any atom is 0.305 e. The molecular formula is C16H29NO3. The van der Waals surface area contributed by atoms with Gasteiger partial charge in [0.25, 0.3) is 0 Å². The summed E-state index contributed by atoms with van der Waals surface area (Å²) in [6.07, 6.45) is 5.09. The molecule has 0 spiro atoms. The van der Waals surface area contributed by atoms with Crippen molar-refractivity contribution in [3.05, 3.63) is 0 Å². The van der Waals surface area contributed by atoms with E-state index in [2.05, 4.69) is 13.8 Å². The van der Waals surface area contributed by atoms with Crippen LogP contribution in [0.3, 0.4) is 0 Å². The molecule has 0 radical (unpaired) electrons. The van der Waals surface area contributed by atoms with Gasteiger partial charge in [0.15, 0.2) is 0 Å². The zero-order valence-corrected chi connectivity index (χ0v) is 13.3. The summed E-state index contributed by atoms with van der Waals surface area (Å²) in [5.41, 5.74) is -0.239. The lowest BCUT2D eigenvalue weighted by Crippen LogP contribution is -2.47. The Morgan fingerprint density at radius 2 is 1.70 bits per heavy atom. The van der Waals surface area contributed by atoms with Gasteiger partial charge in [-0.25, -0.2) is 0 Å². The Bertz CT molecular complexity index is 344. The minimum absolute atomic E-state index is 0.0294. The normalized spacial score (nSPS) is 17.7. The number of amides is 1. The van der Waals surface area contributed by atoms with E-state index in [9.17, 15) is 9.59 Å². The first-order valence-electron chi connectivity index (χ1n) is 7.81. The first-order chi connectivity index (χ1) is 9.28. The topological polar surface area (TPSA) is 57.6 Å². The van der Waals surface area contributed by atoms with E-state index in [0.29, 0.717) is 12.5 Å². The molecule has 1 amide bonds. The molecule has 0 unspecified atom stereocenters. The Labute approximate surface area is 122 Å². The number of carboxylic acid groups (broad SMARTS) is 1. The van der Waals surface area contributed by atoms with Crippen LogP contribution in [-0.2, 0) is 9.59 Å². The van der Waals surface area contributed by atoms with Gasteiger partial charge in [-0.15, -0.1) is 0 Å². The second-order valence-corrected chi connectivity index (χ2v) is 6.82. The van der Waals surface area contributed by atoms with Crippen molar-refractivity contribution in [3.63, 3.8) is 0 Å². The molecule has 20 heavy (non-hydrogen) atoms. The molecule has 1 fully saturated rings. The largest absolute Gasteiger partial charge is 0.481 e. The molecule has 1 N–H and O–H groups in total. The van der Waals surface area contributed by atoms with E-state index in [0.717, 1.165) is 32.1 Å². The third-order valence-corrected chi connectivity index (χ3v) is 4.26. The third-order valence-electron chi connectivity index (χ3n) is 4.26. The van der Waals surface area contributed by atoms with Gasteiger partial charge in [-0.2, -0.15) is 0 Å². The molecule has 0 atom stereocenters. The first-order valence-corrected chi connectivity index (χ1v) is 7.81. The minimum Gasteiger partial charge on any atom is -0.481 e. The van der Waals surface area contributed by atoms with Crippen LogP contribution < -0.4 is 0 Å². The van der Waals surface area contributed by atoms with E-state index in [1.165, 1.54) is 0 Å². The van der Waals surface area contributed by atoms with Crippen molar-refractivity contribution in [1.82, 2.24) is 4.90 Å². The van der Waals surface area contributed by atoms with Crippen molar-refractivity contribution >= 4 is 11.9 Å². The quantitative estimate of drug-likeness (QED) is 0.780. The lowest BCUT2D eigenvalue weighted by Gasteiger charge is -2.37. The average Bonchev–Trinajstić information content (AvgIpc) is 2.76. The number of aliphatic carboxylic acids is 1. The predicted molar refractivity (Wildman–Crippen MR) is 79.5 cm³/mol. The molecule has 4 nitrogen and oxygen atoms in total. The molecule has 1 rings (SSSR count). The van der Waals surface area contributed by atoms with Gasteiger partial charge in [0, 0.05) is 18.0 Å². The zero-order valence-electron chi connectivity index (χ0n) is 13.3. The zero-order chi connectivity index (χ0) is 15.3. The maximum atomic E-state index is 13.0. The summed E-state index contributed by atoms with van der Waals surface area (Å²) in [7, 11) is 0. The van der Waals surface area contributed by atoms with Gasteiger partial charge in [0.05, 0.1) is 6.42 Å². The Hall–Kier alpha value is -1.06. The summed E-state index contributed by atoms with van der Waals surface area (Å²) >= 11 is 0. The molecule has 0 aromatic carbocycles.